The third kappa shape index (κ3) is 2.53. The lowest BCUT2D eigenvalue weighted by Gasteiger charge is -2.22. The van der Waals surface area contributed by atoms with Crippen molar-refractivity contribution < 1.29 is 5.11 Å². The first-order valence-corrected chi connectivity index (χ1v) is 6.21. The highest BCUT2D eigenvalue weighted by molar-refractivity contribution is 5.83. The lowest BCUT2D eigenvalue weighted by atomic mass is 9.97. The van der Waals surface area contributed by atoms with Crippen molar-refractivity contribution in [3.05, 3.63) is 47.5 Å². The maximum Gasteiger partial charge on any atom is 0.0856 e. The summed E-state index contributed by atoms with van der Waals surface area (Å²) in [4.78, 5) is 0. The van der Waals surface area contributed by atoms with Gasteiger partial charge in [0.2, 0.25) is 0 Å². The largest absolute Gasteiger partial charge is 0.390 e. The molecule has 0 saturated heterocycles. The summed E-state index contributed by atoms with van der Waals surface area (Å²) in [5.41, 5.74) is 7.84. The van der Waals surface area contributed by atoms with Crippen molar-refractivity contribution in [3.8, 4) is 0 Å². The van der Waals surface area contributed by atoms with E-state index in [1.165, 1.54) is 16.3 Å². The number of benzene rings is 2. The van der Waals surface area contributed by atoms with E-state index >= 15 is 0 Å². The van der Waals surface area contributed by atoms with E-state index in [0.717, 1.165) is 5.56 Å². The minimum atomic E-state index is -0.571. The monoisotopic (exact) mass is 244 g/mol. The molecular formula is C15H20N2O. The van der Waals surface area contributed by atoms with Gasteiger partial charge in [-0.3, -0.25) is 0 Å². The summed E-state index contributed by atoms with van der Waals surface area (Å²) >= 11 is 0. The molecule has 0 amide bonds. The van der Waals surface area contributed by atoms with Gasteiger partial charge < -0.3 is 16.2 Å². The van der Waals surface area contributed by atoms with Crippen LogP contribution in [0, 0.1) is 6.92 Å². The standard InChI is InChI=1S/C15H20N2O/c1-10-3-4-12-8-13(6-5-11(12)7-10)15(17-2)14(18)9-16/h3-8,14-15,17-18H,9,16H2,1-2H3. The van der Waals surface area contributed by atoms with Gasteiger partial charge in [-0.2, -0.15) is 0 Å². The third-order valence-electron chi connectivity index (χ3n) is 3.32. The van der Waals surface area contributed by atoms with E-state index < -0.39 is 6.10 Å². The van der Waals surface area contributed by atoms with Crippen molar-refractivity contribution in [1.29, 1.82) is 0 Å². The summed E-state index contributed by atoms with van der Waals surface area (Å²) in [6.45, 7) is 2.33. The van der Waals surface area contributed by atoms with E-state index in [1.807, 2.05) is 13.1 Å². The summed E-state index contributed by atoms with van der Waals surface area (Å²) in [6.07, 6.45) is -0.571. The highest BCUT2D eigenvalue weighted by Crippen LogP contribution is 2.23. The predicted molar refractivity (Wildman–Crippen MR) is 75.5 cm³/mol. The van der Waals surface area contributed by atoms with Crippen molar-refractivity contribution in [1.82, 2.24) is 5.32 Å². The molecule has 3 heteroatoms. The highest BCUT2D eigenvalue weighted by Gasteiger charge is 2.17. The Morgan fingerprint density at radius 1 is 1.17 bits per heavy atom. The molecular weight excluding hydrogens is 224 g/mol. The van der Waals surface area contributed by atoms with Crippen LogP contribution in [0.4, 0.5) is 0 Å². The summed E-state index contributed by atoms with van der Waals surface area (Å²) in [5.74, 6) is 0. The molecule has 2 aromatic rings. The summed E-state index contributed by atoms with van der Waals surface area (Å²) in [6, 6.07) is 12.5. The van der Waals surface area contributed by atoms with Gasteiger partial charge in [0.1, 0.15) is 0 Å². The number of hydrogen-bond donors (Lipinski definition) is 3. The summed E-state index contributed by atoms with van der Waals surface area (Å²) in [7, 11) is 1.84. The first kappa shape index (κ1) is 13.0. The maximum absolute atomic E-state index is 9.90. The zero-order valence-electron chi connectivity index (χ0n) is 10.9. The second kappa shape index (κ2) is 5.48. The predicted octanol–water partition coefficient (Wildman–Crippen LogP) is 1.73. The van der Waals surface area contributed by atoms with Gasteiger partial charge in [-0.1, -0.05) is 35.9 Å². The Hall–Kier alpha value is -1.42. The first-order chi connectivity index (χ1) is 8.65. The quantitative estimate of drug-likeness (QED) is 0.767. The second-order valence-electron chi connectivity index (χ2n) is 4.68. The Balaban J connectivity index is 2.42. The van der Waals surface area contributed by atoms with E-state index in [0.29, 0.717) is 0 Å². The molecule has 0 aliphatic heterocycles. The second-order valence-corrected chi connectivity index (χ2v) is 4.68. The van der Waals surface area contributed by atoms with Gasteiger partial charge in [0.25, 0.3) is 0 Å². The van der Waals surface area contributed by atoms with E-state index in [1.54, 1.807) is 0 Å². The Morgan fingerprint density at radius 2 is 1.83 bits per heavy atom. The minimum Gasteiger partial charge on any atom is -0.390 e. The van der Waals surface area contributed by atoms with Gasteiger partial charge in [-0.05, 0) is 36.4 Å². The van der Waals surface area contributed by atoms with Crippen LogP contribution in [0.2, 0.25) is 0 Å². The van der Waals surface area contributed by atoms with Crippen LogP contribution in [0.1, 0.15) is 17.2 Å². The molecule has 2 unspecified atom stereocenters. The van der Waals surface area contributed by atoms with Crippen LogP contribution < -0.4 is 11.1 Å². The minimum absolute atomic E-state index is 0.124. The molecule has 0 aliphatic rings. The topological polar surface area (TPSA) is 58.3 Å². The zero-order chi connectivity index (χ0) is 13.1. The highest BCUT2D eigenvalue weighted by atomic mass is 16.3. The molecule has 18 heavy (non-hydrogen) atoms. The van der Waals surface area contributed by atoms with Crippen LogP contribution in [-0.4, -0.2) is 24.8 Å². The van der Waals surface area contributed by atoms with Crippen molar-refractivity contribution in [2.75, 3.05) is 13.6 Å². The fourth-order valence-electron chi connectivity index (χ4n) is 2.29. The molecule has 4 N–H and O–H groups in total. The number of aliphatic hydroxyl groups excluding tert-OH is 1. The number of likely N-dealkylation sites (N-methyl/N-ethyl adjacent to an activating group) is 1. The van der Waals surface area contributed by atoms with Crippen LogP contribution in [0.15, 0.2) is 36.4 Å². The number of rotatable bonds is 4. The number of nitrogens with two attached hydrogens (primary N) is 1. The van der Waals surface area contributed by atoms with Gasteiger partial charge in [0.05, 0.1) is 12.1 Å². The summed E-state index contributed by atoms with van der Waals surface area (Å²) in [5, 5.41) is 15.4. The Labute approximate surface area is 108 Å². The van der Waals surface area contributed by atoms with Crippen molar-refractivity contribution >= 4 is 10.8 Å². The number of fused-ring (bicyclic) bond motifs is 1. The smallest absolute Gasteiger partial charge is 0.0856 e. The molecule has 0 heterocycles. The molecule has 0 aliphatic carbocycles. The number of aryl methyl sites for hydroxylation is 1. The molecule has 3 nitrogen and oxygen atoms in total. The Kier molecular flexibility index (Phi) is 3.97. The molecule has 2 rings (SSSR count). The van der Waals surface area contributed by atoms with Gasteiger partial charge in [0.15, 0.2) is 0 Å². The Bertz CT molecular complexity index is 539. The van der Waals surface area contributed by atoms with Crippen LogP contribution in [0.25, 0.3) is 10.8 Å². The van der Waals surface area contributed by atoms with Crippen molar-refractivity contribution in [2.24, 2.45) is 5.73 Å². The fourth-order valence-corrected chi connectivity index (χ4v) is 2.29. The molecule has 0 aromatic heterocycles. The van der Waals surface area contributed by atoms with Crippen LogP contribution in [0.3, 0.4) is 0 Å². The van der Waals surface area contributed by atoms with Crippen molar-refractivity contribution in [3.63, 3.8) is 0 Å². The molecule has 0 saturated carbocycles. The molecule has 0 bridgehead atoms. The van der Waals surface area contributed by atoms with E-state index in [9.17, 15) is 5.11 Å². The SMILES string of the molecule is CNC(c1ccc2cc(C)ccc2c1)C(O)CN. The van der Waals surface area contributed by atoms with E-state index in [2.05, 4.69) is 42.6 Å². The van der Waals surface area contributed by atoms with E-state index in [4.69, 9.17) is 5.73 Å². The average Bonchev–Trinajstić information content (AvgIpc) is 2.39. The van der Waals surface area contributed by atoms with Gasteiger partial charge in [-0.25, -0.2) is 0 Å². The molecule has 0 radical (unpaired) electrons. The molecule has 2 atom stereocenters. The maximum atomic E-state index is 9.90. The number of hydrogen-bond acceptors (Lipinski definition) is 3. The molecule has 96 valence electrons. The lowest BCUT2D eigenvalue weighted by Crippen LogP contribution is -2.34. The normalized spacial score (nSPS) is 14.7. The number of nitrogens with one attached hydrogen (secondary N) is 1. The first-order valence-electron chi connectivity index (χ1n) is 6.21. The van der Waals surface area contributed by atoms with Crippen LogP contribution in [0.5, 0.6) is 0 Å². The zero-order valence-corrected chi connectivity index (χ0v) is 10.9. The van der Waals surface area contributed by atoms with Crippen LogP contribution >= 0.6 is 0 Å². The number of aliphatic hydroxyl groups is 1. The molecule has 2 aromatic carbocycles. The molecule has 0 fully saturated rings. The van der Waals surface area contributed by atoms with E-state index in [-0.39, 0.29) is 12.6 Å². The van der Waals surface area contributed by atoms with Crippen LogP contribution in [-0.2, 0) is 0 Å². The van der Waals surface area contributed by atoms with Crippen molar-refractivity contribution in [2.45, 2.75) is 19.1 Å². The Morgan fingerprint density at radius 3 is 2.50 bits per heavy atom. The fraction of sp³-hybridized carbons (Fsp3) is 0.333. The van der Waals surface area contributed by atoms with Gasteiger partial charge in [-0.15, -0.1) is 0 Å². The summed E-state index contributed by atoms with van der Waals surface area (Å²) < 4.78 is 0. The average molecular weight is 244 g/mol. The third-order valence-corrected chi connectivity index (χ3v) is 3.32. The van der Waals surface area contributed by atoms with Gasteiger partial charge in [0, 0.05) is 6.54 Å². The molecule has 0 spiro atoms. The van der Waals surface area contributed by atoms with Gasteiger partial charge >= 0.3 is 0 Å². The lowest BCUT2D eigenvalue weighted by molar-refractivity contribution is 0.139.